The van der Waals surface area contributed by atoms with E-state index in [4.69, 9.17) is 0 Å². The minimum atomic E-state index is -0.0359. The lowest BCUT2D eigenvalue weighted by atomic mass is 10.0. The van der Waals surface area contributed by atoms with Gasteiger partial charge in [0.25, 0.3) is 0 Å². The zero-order valence-electron chi connectivity index (χ0n) is 17.0. The van der Waals surface area contributed by atoms with Gasteiger partial charge in [-0.25, -0.2) is 0 Å². The molecule has 1 aliphatic heterocycles. The van der Waals surface area contributed by atoms with E-state index in [1.165, 1.54) is 35.7 Å². The average Bonchev–Trinajstić information content (AvgIpc) is 2.78. The number of para-hydroxylation sites is 2. The molecule has 1 amide bonds. The molecule has 1 aliphatic rings. The zero-order valence-corrected chi connectivity index (χ0v) is 17.0. The molecule has 1 saturated heterocycles. The van der Waals surface area contributed by atoms with Crippen LogP contribution in [0.5, 0.6) is 0 Å². The number of piperidine rings is 1. The number of hydrogen-bond donors (Lipinski definition) is 2. The molecule has 29 heavy (non-hydrogen) atoms. The highest BCUT2D eigenvalue weighted by molar-refractivity contribution is 5.85. The first-order valence-electron chi connectivity index (χ1n) is 10.6. The molecule has 1 heterocycles. The minimum absolute atomic E-state index is 0.000828. The van der Waals surface area contributed by atoms with Gasteiger partial charge in [-0.1, -0.05) is 48.5 Å². The Balaban J connectivity index is 1.37. The fourth-order valence-corrected chi connectivity index (χ4v) is 4.06. The molecule has 0 radical (unpaired) electrons. The lowest BCUT2D eigenvalue weighted by Crippen LogP contribution is -2.33. The van der Waals surface area contributed by atoms with E-state index in [0.717, 1.165) is 24.3 Å². The summed E-state index contributed by atoms with van der Waals surface area (Å²) in [6.45, 7) is 4.47. The third-order valence-electron chi connectivity index (χ3n) is 5.69. The smallest absolute Gasteiger partial charge is 0.239 e. The van der Waals surface area contributed by atoms with Crippen LogP contribution in [0.4, 0.5) is 11.4 Å². The highest BCUT2D eigenvalue weighted by Gasteiger charge is 2.15. The Bertz CT molecular complexity index is 978. The monoisotopic (exact) mass is 387 g/mol. The molecule has 150 valence electrons. The normalized spacial score (nSPS) is 15.1. The van der Waals surface area contributed by atoms with Gasteiger partial charge in [0.15, 0.2) is 0 Å². The third kappa shape index (κ3) is 4.70. The van der Waals surface area contributed by atoms with Crippen LogP contribution in [-0.4, -0.2) is 25.5 Å². The zero-order chi connectivity index (χ0) is 20.1. The fraction of sp³-hybridized carbons (Fsp3) is 0.320. The van der Waals surface area contributed by atoms with Gasteiger partial charge in [0.2, 0.25) is 5.91 Å². The maximum atomic E-state index is 12.6. The second-order valence-corrected chi connectivity index (χ2v) is 7.81. The molecule has 0 aliphatic carbocycles. The van der Waals surface area contributed by atoms with Crippen molar-refractivity contribution in [2.24, 2.45) is 0 Å². The van der Waals surface area contributed by atoms with Crippen LogP contribution in [-0.2, 0) is 4.79 Å². The van der Waals surface area contributed by atoms with Gasteiger partial charge in [0, 0.05) is 13.1 Å². The number of rotatable bonds is 6. The third-order valence-corrected chi connectivity index (χ3v) is 5.69. The molecule has 1 fully saturated rings. The molecule has 4 rings (SSSR count). The molecule has 0 spiro atoms. The molecule has 1 unspecified atom stereocenters. The van der Waals surface area contributed by atoms with E-state index in [1.807, 2.05) is 25.1 Å². The standard InChI is InChI=1S/C25H29N3O/c1-19(21-14-13-20-9-3-4-10-22(20)17-21)27-25(29)18-26-23-11-5-6-12-24(23)28-15-7-2-8-16-28/h3-6,9-14,17,19,26H,2,7-8,15-16,18H2,1H3,(H,27,29). The number of benzene rings is 3. The van der Waals surface area contributed by atoms with Crippen molar-refractivity contribution in [3.8, 4) is 0 Å². The second kappa shape index (κ2) is 8.99. The van der Waals surface area contributed by atoms with Gasteiger partial charge < -0.3 is 15.5 Å². The summed E-state index contributed by atoms with van der Waals surface area (Å²) in [6, 6.07) is 22.9. The van der Waals surface area contributed by atoms with E-state index < -0.39 is 0 Å². The molecule has 2 N–H and O–H groups in total. The van der Waals surface area contributed by atoms with Crippen molar-refractivity contribution in [1.29, 1.82) is 0 Å². The predicted molar refractivity (Wildman–Crippen MR) is 122 cm³/mol. The topological polar surface area (TPSA) is 44.4 Å². The summed E-state index contributed by atoms with van der Waals surface area (Å²) in [6.07, 6.45) is 3.78. The molecule has 0 aromatic heterocycles. The van der Waals surface area contributed by atoms with Crippen molar-refractivity contribution >= 4 is 28.1 Å². The summed E-state index contributed by atoms with van der Waals surface area (Å²) in [4.78, 5) is 15.0. The van der Waals surface area contributed by atoms with E-state index in [-0.39, 0.29) is 18.5 Å². The van der Waals surface area contributed by atoms with E-state index in [1.54, 1.807) is 0 Å². The van der Waals surface area contributed by atoms with Crippen LogP contribution in [0.1, 0.15) is 37.8 Å². The van der Waals surface area contributed by atoms with E-state index in [9.17, 15) is 4.79 Å². The van der Waals surface area contributed by atoms with Crippen molar-refractivity contribution in [2.75, 3.05) is 29.9 Å². The van der Waals surface area contributed by atoms with Crippen molar-refractivity contribution in [3.63, 3.8) is 0 Å². The lowest BCUT2D eigenvalue weighted by Gasteiger charge is -2.30. The molecule has 3 aromatic rings. The number of anilines is 2. The van der Waals surface area contributed by atoms with Gasteiger partial charge in [-0.3, -0.25) is 4.79 Å². The van der Waals surface area contributed by atoms with Crippen LogP contribution < -0.4 is 15.5 Å². The quantitative estimate of drug-likeness (QED) is 0.617. The van der Waals surface area contributed by atoms with Crippen LogP contribution in [0.2, 0.25) is 0 Å². The largest absolute Gasteiger partial charge is 0.374 e. The van der Waals surface area contributed by atoms with Crippen LogP contribution >= 0.6 is 0 Å². The van der Waals surface area contributed by atoms with Crippen LogP contribution in [0, 0.1) is 0 Å². The number of amides is 1. The van der Waals surface area contributed by atoms with Gasteiger partial charge in [-0.15, -0.1) is 0 Å². The van der Waals surface area contributed by atoms with Gasteiger partial charge in [0.05, 0.1) is 24.0 Å². The molecular weight excluding hydrogens is 358 g/mol. The van der Waals surface area contributed by atoms with E-state index >= 15 is 0 Å². The maximum Gasteiger partial charge on any atom is 0.239 e. The Kier molecular flexibility index (Phi) is 5.99. The average molecular weight is 388 g/mol. The molecule has 0 saturated carbocycles. The Hall–Kier alpha value is -3.01. The van der Waals surface area contributed by atoms with E-state index in [0.29, 0.717) is 0 Å². The fourth-order valence-electron chi connectivity index (χ4n) is 4.06. The highest BCUT2D eigenvalue weighted by Crippen LogP contribution is 2.28. The predicted octanol–water partition coefficient (Wildman–Crippen LogP) is 5.12. The van der Waals surface area contributed by atoms with Crippen molar-refractivity contribution in [2.45, 2.75) is 32.2 Å². The molecule has 1 atom stereocenters. The summed E-state index contributed by atoms with van der Waals surface area (Å²) >= 11 is 0. The van der Waals surface area contributed by atoms with Crippen LogP contribution in [0.25, 0.3) is 10.8 Å². The Morgan fingerprint density at radius 1 is 0.931 bits per heavy atom. The highest BCUT2D eigenvalue weighted by atomic mass is 16.1. The van der Waals surface area contributed by atoms with Gasteiger partial charge in [-0.2, -0.15) is 0 Å². The summed E-state index contributed by atoms with van der Waals surface area (Å²) in [7, 11) is 0. The molecule has 4 nitrogen and oxygen atoms in total. The number of fused-ring (bicyclic) bond motifs is 1. The summed E-state index contributed by atoms with van der Waals surface area (Å²) in [5, 5.41) is 8.87. The van der Waals surface area contributed by atoms with Crippen LogP contribution in [0.15, 0.2) is 66.7 Å². The van der Waals surface area contributed by atoms with Crippen molar-refractivity contribution in [3.05, 3.63) is 72.3 Å². The van der Waals surface area contributed by atoms with Gasteiger partial charge >= 0.3 is 0 Å². The first-order chi connectivity index (χ1) is 14.2. The van der Waals surface area contributed by atoms with Crippen molar-refractivity contribution in [1.82, 2.24) is 5.32 Å². The molecule has 3 aromatic carbocycles. The van der Waals surface area contributed by atoms with Crippen molar-refractivity contribution < 1.29 is 4.79 Å². The first kappa shape index (κ1) is 19.3. The second-order valence-electron chi connectivity index (χ2n) is 7.81. The molecular formula is C25H29N3O. The number of hydrogen-bond acceptors (Lipinski definition) is 3. The first-order valence-corrected chi connectivity index (χ1v) is 10.6. The Morgan fingerprint density at radius 2 is 1.66 bits per heavy atom. The van der Waals surface area contributed by atoms with Crippen LogP contribution in [0.3, 0.4) is 0 Å². The lowest BCUT2D eigenvalue weighted by molar-refractivity contribution is -0.120. The Labute approximate surface area is 172 Å². The molecule has 0 bridgehead atoms. The Morgan fingerprint density at radius 3 is 2.48 bits per heavy atom. The number of nitrogens with zero attached hydrogens (tertiary/aromatic N) is 1. The molecule has 4 heteroatoms. The van der Waals surface area contributed by atoms with Gasteiger partial charge in [-0.05, 0) is 60.7 Å². The maximum absolute atomic E-state index is 12.6. The minimum Gasteiger partial charge on any atom is -0.374 e. The number of carbonyl (C=O) groups is 1. The number of nitrogens with one attached hydrogen (secondary N) is 2. The summed E-state index contributed by atoms with van der Waals surface area (Å²) in [5.74, 6) is -0.000828. The SMILES string of the molecule is CC(NC(=O)CNc1ccccc1N1CCCCC1)c1ccc2ccccc2c1. The summed E-state index contributed by atoms with van der Waals surface area (Å²) in [5.41, 5.74) is 3.34. The van der Waals surface area contributed by atoms with Gasteiger partial charge in [0.1, 0.15) is 0 Å². The summed E-state index contributed by atoms with van der Waals surface area (Å²) < 4.78 is 0. The van der Waals surface area contributed by atoms with E-state index in [2.05, 4.69) is 64.1 Å². The number of carbonyl (C=O) groups excluding carboxylic acids is 1.